The normalized spacial score (nSPS) is 22.9. The monoisotopic (exact) mass is 282 g/mol. The topological polar surface area (TPSA) is 9.23 Å². The summed E-state index contributed by atoms with van der Waals surface area (Å²) in [6, 6.07) is 1.20. The van der Waals surface area contributed by atoms with E-state index in [2.05, 4.69) is 33.0 Å². The fraction of sp³-hybridized carbons (Fsp3) is 0.882. The predicted octanol–water partition coefficient (Wildman–Crippen LogP) is 6.07. The molecule has 0 saturated heterocycles. The molecule has 1 heterocycles. The van der Waals surface area contributed by atoms with Crippen LogP contribution in [0.15, 0.2) is 11.6 Å². The van der Waals surface area contributed by atoms with Crippen molar-refractivity contribution >= 4 is 8.32 Å². The molecule has 0 saturated carbocycles. The van der Waals surface area contributed by atoms with Crippen LogP contribution in [0.1, 0.15) is 71.6 Å². The summed E-state index contributed by atoms with van der Waals surface area (Å²) < 4.78 is 6.40. The van der Waals surface area contributed by atoms with Crippen molar-refractivity contribution in [2.24, 2.45) is 0 Å². The smallest absolute Gasteiger partial charge is 0.190 e. The fourth-order valence-electron chi connectivity index (χ4n) is 2.89. The van der Waals surface area contributed by atoms with E-state index in [-0.39, 0.29) is 0 Å². The van der Waals surface area contributed by atoms with E-state index in [4.69, 9.17) is 4.43 Å². The second-order valence-corrected chi connectivity index (χ2v) is 11.0. The molecule has 0 aromatic carbocycles. The van der Waals surface area contributed by atoms with Crippen LogP contribution in [0.2, 0.25) is 19.1 Å². The quantitative estimate of drug-likeness (QED) is 0.298. The van der Waals surface area contributed by atoms with Crippen molar-refractivity contribution in [3.05, 3.63) is 11.6 Å². The van der Waals surface area contributed by atoms with Crippen LogP contribution in [0, 0.1) is 0 Å². The third-order valence-electron chi connectivity index (χ3n) is 4.11. The third kappa shape index (κ3) is 7.94. The van der Waals surface area contributed by atoms with Crippen LogP contribution in [0.4, 0.5) is 0 Å². The van der Waals surface area contributed by atoms with E-state index in [0.29, 0.717) is 6.10 Å². The van der Waals surface area contributed by atoms with Gasteiger partial charge in [0.15, 0.2) is 8.32 Å². The van der Waals surface area contributed by atoms with Crippen LogP contribution in [-0.2, 0) is 4.43 Å². The second kappa shape index (κ2) is 8.96. The number of allylic oxidation sites excluding steroid dienone is 1. The van der Waals surface area contributed by atoms with Gasteiger partial charge in [0.05, 0.1) is 0 Å². The van der Waals surface area contributed by atoms with Crippen molar-refractivity contribution in [2.45, 2.75) is 96.9 Å². The zero-order valence-corrected chi connectivity index (χ0v) is 14.6. The van der Waals surface area contributed by atoms with Crippen LogP contribution in [-0.4, -0.2) is 14.4 Å². The van der Waals surface area contributed by atoms with E-state index >= 15 is 0 Å². The summed E-state index contributed by atoms with van der Waals surface area (Å²) in [6.07, 6.45) is 15.2. The molecular weight excluding hydrogens is 248 g/mol. The van der Waals surface area contributed by atoms with Gasteiger partial charge in [-0.05, 0) is 38.9 Å². The van der Waals surface area contributed by atoms with Gasteiger partial charge in [0.1, 0.15) is 0 Å². The summed E-state index contributed by atoms with van der Waals surface area (Å²) >= 11 is 0. The van der Waals surface area contributed by atoms with Gasteiger partial charge >= 0.3 is 0 Å². The molecule has 1 nitrogen and oxygen atoms in total. The molecule has 0 N–H and O–H groups in total. The molecule has 0 aliphatic carbocycles. The summed E-state index contributed by atoms with van der Waals surface area (Å²) in [4.78, 5) is 0. The molecule has 1 aliphatic rings. The van der Waals surface area contributed by atoms with Crippen molar-refractivity contribution in [1.29, 1.82) is 0 Å². The maximum Gasteiger partial charge on any atom is 0.190 e. The molecule has 0 spiro atoms. The molecule has 0 bridgehead atoms. The average molecular weight is 283 g/mol. The molecule has 1 aliphatic heterocycles. The lowest BCUT2D eigenvalue weighted by Crippen LogP contribution is -2.33. The first-order valence-electron chi connectivity index (χ1n) is 8.37. The Morgan fingerprint density at radius 3 is 2.42 bits per heavy atom. The van der Waals surface area contributed by atoms with Crippen LogP contribution in [0.5, 0.6) is 0 Å². The predicted molar refractivity (Wildman–Crippen MR) is 88.1 cm³/mol. The first-order valence-corrected chi connectivity index (χ1v) is 11.5. The van der Waals surface area contributed by atoms with Gasteiger partial charge in [0, 0.05) is 6.10 Å². The van der Waals surface area contributed by atoms with Crippen molar-refractivity contribution in [3.8, 4) is 0 Å². The van der Waals surface area contributed by atoms with Crippen molar-refractivity contribution < 1.29 is 4.43 Å². The van der Waals surface area contributed by atoms with E-state index in [1.807, 2.05) is 0 Å². The highest BCUT2D eigenvalue weighted by molar-refractivity contribution is 6.71. The zero-order chi connectivity index (χ0) is 14.1. The zero-order valence-electron chi connectivity index (χ0n) is 13.6. The van der Waals surface area contributed by atoms with E-state index in [1.54, 1.807) is 5.57 Å². The summed E-state index contributed by atoms with van der Waals surface area (Å²) in [6.45, 7) is 9.28. The lowest BCUT2D eigenvalue weighted by atomic mass is 10.0. The summed E-state index contributed by atoms with van der Waals surface area (Å²) in [5.74, 6) is 0. The van der Waals surface area contributed by atoms with E-state index in [1.165, 1.54) is 63.8 Å². The Labute approximate surface area is 122 Å². The van der Waals surface area contributed by atoms with Gasteiger partial charge < -0.3 is 4.43 Å². The maximum absolute atomic E-state index is 6.40. The minimum atomic E-state index is -1.41. The molecule has 0 radical (unpaired) electrons. The average Bonchev–Trinajstić information content (AvgIpc) is 2.47. The van der Waals surface area contributed by atoms with Gasteiger partial charge in [-0.15, -0.1) is 0 Å². The molecule has 19 heavy (non-hydrogen) atoms. The summed E-state index contributed by atoms with van der Waals surface area (Å²) in [5.41, 5.74) is 1.55. The Morgan fingerprint density at radius 1 is 1.11 bits per heavy atom. The Bertz CT molecular complexity index is 270. The highest BCUT2D eigenvalue weighted by Gasteiger charge is 2.28. The van der Waals surface area contributed by atoms with E-state index in [9.17, 15) is 0 Å². The molecule has 0 amide bonds. The van der Waals surface area contributed by atoms with Gasteiger partial charge in [-0.1, -0.05) is 63.5 Å². The molecule has 112 valence electrons. The molecule has 0 aromatic rings. The molecular formula is C17H34OSi. The molecule has 2 heteroatoms. The number of rotatable bonds is 8. The Hall–Kier alpha value is -0.0831. The van der Waals surface area contributed by atoms with Gasteiger partial charge in [-0.3, -0.25) is 0 Å². The maximum atomic E-state index is 6.40. The van der Waals surface area contributed by atoms with Crippen molar-refractivity contribution in [3.63, 3.8) is 0 Å². The molecule has 1 atom stereocenters. The second-order valence-electron chi connectivity index (χ2n) is 6.87. The van der Waals surface area contributed by atoms with Crippen LogP contribution >= 0.6 is 0 Å². The van der Waals surface area contributed by atoms with Crippen LogP contribution in [0.3, 0.4) is 0 Å². The molecule has 0 fully saturated rings. The van der Waals surface area contributed by atoms with Crippen LogP contribution < -0.4 is 0 Å². The number of unbranched alkanes of at least 4 members (excludes halogenated alkanes) is 6. The largest absolute Gasteiger partial charge is 0.414 e. The molecule has 1 unspecified atom stereocenters. The lowest BCUT2D eigenvalue weighted by molar-refractivity contribution is 0.180. The SMILES string of the molecule is CCCCCCCCCC1CC(C)=CC[Si](C)(C)O1. The highest BCUT2D eigenvalue weighted by atomic mass is 28.4. The standard InChI is InChI=1S/C17H34OSi/c1-5-6-7-8-9-10-11-12-17-15-16(2)13-14-19(3,4)18-17/h13,17H,5-12,14-15H2,1-4H3. The van der Waals surface area contributed by atoms with Crippen LogP contribution in [0.25, 0.3) is 0 Å². The third-order valence-corrected chi connectivity index (χ3v) is 6.27. The van der Waals surface area contributed by atoms with Gasteiger partial charge in [0.2, 0.25) is 0 Å². The molecule has 0 aromatic heterocycles. The minimum Gasteiger partial charge on any atom is -0.414 e. The van der Waals surface area contributed by atoms with Gasteiger partial charge in [0.25, 0.3) is 0 Å². The Morgan fingerprint density at radius 2 is 1.74 bits per heavy atom. The van der Waals surface area contributed by atoms with Gasteiger partial charge in [-0.25, -0.2) is 0 Å². The van der Waals surface area contributed by atoms with E-state index in [0.717, 1.165) is 0 Å². The first-order chi connectivity index (χ1) is 9.03. The Balaban J connectivity index is 2.16. The number of hydrogen-bond acceptors (Lipinski definition) is 1. The van der Waals surface area contributed by atoms with Gasteiger partial charge in [-0.2, -0.15) is 0 Å². The Kier molecular flexibility index (Phi) is 8.01. The first kappa shape index (κ1) is 17.0. The van der Waals surface area contributed by atoms with Crippen molar-refractivity contribution in [1.82, 2.24) is 0 Å². The summed E-state index contributed by atoms with van der Waals surface area (Å²) in [7, 11) is -1.41. The van der Waals surface area contributed by atoms with Crippen molar-refractivity contribution in [2.75, 3.05) is 0 Å². The van der Waals surface area contributed by atoms with E-state index < -0.39 is 8.32 Å². The minimum absolute atomic E-state index is 0.510. The molecule has 1 rings (SSSR count). The fourth-order valence-corrected chi connectivity index (χ4v) is 4.93. The highest BCUT2D eigenvalue weighted by Crippen LogP contribution is 2.27. The number of hydrogen-bond donors (Lipinski definition) is 0. The lowest BCUT2D eigenvalue weighted by Gasteiger charge is -2.26. The summed E-state index contributed by atoms with van der Waals surface area (Å²) in [5, 5.41) is 0.